The summed E-state index contributed by atoms with van der Waals surface area (Å²) < 4.78 is 0. The number of aromatic nitrogens is 1. The second-order valence-electron chi connectivity index (χ2n) is 6.90. The highest BCUT2D eigenvalue weighted by Gasteiger charge is 2.29. The van der Waals surface area contributed by atoms with Crippen molar-refractivity contribution in [2.24, 2.45) is 5.92 Å². The van der Waals surface area contributed by atoms with Crippen molar-refractivity contribution in [2.45, 2.75) is 31.8 Å². The number of pyridine rings is 1. The molecular weight excluding hydrogens is 304 g/mol. The van der Waals surface area contributed by atoms with Crippen molar-refractivity contribution in [3.63, 3.8) is 0 Å². The Morgan fingerprint density at radius 2 is 1.60 bits per heavy atom. The zero-order chi connectivity index (χ0) is 16.9. The molecule has 2 atom stereocenters. The summed E-state index contributed by atoms with van der Waals surface area (Å²) in [5.74, 6) is 0.624. The molecule has 1 aliphatic carbocycles. The zero-order valence-corrected chi connectivity index (χ0v) is 14.4. The van der Waals surface area contributed by atoms with Gasteiger partial charge in [-0.3, -0.25) is 4.98 Å². The lowest BCUT2D eigenvalue weighted by atomic mass is 9.77. The Hall–Kier alpha value is -2.45. The first-order valence-electron chi connectivity index (χ1n) is 9.14. The molecule has 1 heterocycles. The molecule has 25 heavy (non-hydrogen) atoms. The molecule has 2 heteroatoms. The summed E-state index contributed by atoms with van der Waals surface area (Å²) in [5, 5.41) is 3.84. The van der Waals surface area contributed by atoms with Crippen LogP contribution in [0.1, 0.15) is 34.7 Å². The molecule has 2 nitrogen and oxygen atoms in total. The molecule has 126 valence electrons. The molecular formula is C23H24N2. The van der Waals surface area contributed by atoms with E-state index in [1.54, 1.807) is 0 Å². The second kappa shape index (κ2) is 7.62. The Balaban J connectivity index is 1.57. The minimum absolute atomic E-state index is 0.401. The van der Waals surface area contributed by atoms with Gasteiger partial charge in [0.15, 0.2) is 0 Å². The van der Waals surface area contributed by atoms with Crippen molar-refractivity contribution in [3.05, 3.63) is 101 Å². The Morgan fingerprint density at radius 1 is 0.840 bits per heavy atom. The first-order chi connectivity index (χ1) is 12.4. The predicted molar refractivity (Wildman–Crippen MR) is 102 cm³/mol. The van der Waals surface area contributed by atoms with Gasteiger partial charge in [-0.15, -0.1) is 0 Å². The maximum absolute atomic E-state index is 4.12. The summed E-state index contributed by atoms with van der Waals surface area (Å²) in [6.07, 6.45) is 7.28. The average Bonchev–Trinajstić information content (AvgIpc) is 2.68. The maximum atomic E-state index is 4.12. The van der Waals surface area contributed by atoms with Gasteiger partial charge in [0.25, 0.3) is 0 Å². The molecule has 4 rings (SSSR count). The van der Waals surface area contributed by atoms with E-state index in [9.17, 15) is 0 Å². The normalized spacial score (nSPS) is 19.4. The quantitative estimate of drug-likeness (QED) is 0.733. The average molecular weight is 328 g/mol. The Labute approximate surface area is 149 Å². The van der Waals surface area contributed by atoms with E-state index in [4.69, 9.17) is 0 Å². The van der Waals surface area contributed by atoms with Gasteiger partial charge in [0.1, 0.15) is 0 Å². The van der Waals surface area contributed by atoms with Crippen LogP contribution in [0.15, 0.2) is 79.1 Å². The van der Waals surface area contributed by atoms with Gasteiger partial charge in [-0.05, 0) is 59.6 Å². The lowest BCUT2D eigenvalue weighted by molar-refractivity contribution is 0.317. The van der Waals surface area contributed by atoms with E-state index in [0.29, 0.717) is 12.0 Å². The molecule has 1 N–H and O–H groups in total. The highest BCUT2D eigenvalue weighted by molar-refractivity contribution is 5.34. The van der Waals surface area contributed by atoms with Crippen LogP contribution in [0.4, 0.5) is 0 Å². The predicted octanol–water partition coefficient (Wildman–Crippen LogP) is 4.72. The fourth-order valence-corrected chi connectivity index (χ4v) is 3.97. The van der Waals surface area contributed by atoms with Gasteiger partial charge < -0.3 is 5.32 Å². The zero-order valence-electron chi connectivity index (χ0n) is 14.4. The number of nitrogens with one attached hydrogen (secondary N) is 1. The summed E-state index contributed by atoms with van der Waals surface area (Å²) >= 11 is 0. The second-order valence-corrected chi connectivity index (χ2v) is 6.90. The summed E-state index contributed by atoms with van der Waals surface area (Å²) in [5.41, 5.74) is 5.70. The lowest BCUT2D eigenvalue weighted by Crippen LogP contribution is -2.33. The van der Waals surface area contributed by atoms with Crippen LogP contribution in [-0.4, -0.2) is 4.98 Å². The monoisotopic (exact) mass is 328 g/mol. The molecule has 2 unspecified atom stereocenters. The Kier molecular flexibility index (Phi) is 4.89. The largest absolute Gasteiger partial charge is 0.306 e. The van der Waals surface area contributed by atoms with Gasteiger partial charge in [0.2, 0.25) is 0 Å². The van der Waals surface area contributed by atoms with E-state index >= 15 is 0 Å². The van der Waals surface area contributed by atoms with E-state index in [1.807, 2.05) is 12.4 Å². The Morgan fingerprint density at radius 3 is 2.44 bits per heavy atom. The van der Waals surface area contributed by atoms with E-state index in [1.165, 1.54) is 35.1 Å². The highest BCUT2D eigenvalue weighted by atomic mass is 14.9. The van der Waals surface area contributed by atoms with Crippen LogP contribution < -0.4 is 5.32 Å². The van der Waals surface area contributed by atoms with Crippen LogP contribution in [0.2, 0.25) is 0 Å². The highest BCUT2D eigenvalue weighted by Crippen LogP contribution is 2.36. The van der Waals surface area contributed by atoms with Crippen molar-refractivity contribution in [1.29, 1.82) is 0 Å². The van der Waals surface area contributed by atoms with Crippen LogP contribution in [0, 0.1) is 5.92 Å². The summed E-state index contributed by atoms with van der Waals surface area (Å²) in [6, 6.07) is 24.4. The van der Waals surface area contributed by atoms with E-state index in [-0.39, 0.29) is 0 Å². The topological polar surface area (TPSA) is 24.9 Å². The van der Waals surface area contributed by atoms with Gasteiger partial charge in [0, 0.05) is 25.0 Å². The van der Waals surface area contributed by atoms with Gasteiger partial charge in [-0.2, -0.15) is 0 Å². The molecule has 0 saturated carbocycles. The van der Waals surface area contributed by atoms with Gasteiger partial charge in [-0.1, -0.05) is 54.6 Å². The Bertz CT molecular complexity index is 799. The van der Waals surface area contributed by atoms with Crippen LogP contribution in [0.25, 0.3) is 0 Å². The van der Waals surface area contributed by atoms with Crippen molar-refractivity contribution in [1.82, 2.24) is 10.3 Å². The van der Waals surface area contributed by atoms with E-state index in [2.05, 4.69) is 77.0 Å². The molecule has 3 aromatic rings. The summed E-state index contributed by atoms with van der Waals surface area (Å²) in [6.45, 7) is 0.882. The first-order valence-corrected chi connectivity index (χ1v) is 9.14. The molecule has 2 aromatic carbocycles. The number of rotatable bonds is 5. The van der Waals surface area contributed by atoms with Crippen LogP contribution in [-0.2, 0) is 19.4 Å². The van der Waals surface area contributed by atoms with Gasteiger partial charge >= 0.3 is 0 Å². The third-order valence-electron chi connectivity index (χ3n) is 5.26. The van der Waals surface area contributed by atoms with Gasteiger partial charge in [-0.25, -0.2) is 0 Å². The van der Waals surface area contributed by atoms with Crippen molar-refractivity contribution in [2.75, 3.05) is 0 Å². The van der Waals surface area contributed by atoms with Crippen LogP contribution in [0.5, 0.6) is 0 Å². The number of benzene rings is 2. The molecule has 1 aliphatic rings. The number of nitrogens with zero attached hydrogens (tertiary/aromatic N) is 1. The minimum atomic E-state index is 0.401. The van der Waals surface area contributed by atoms with Gasteiger partial charge in [0.05, 0.1) is 0 Å². The standard InChI is InChI=1S/C23H24N2/c1-2-6-18(7-3-1)16-21-11-10-20-8-4-5-9-22(20)23(21)25-17-19-12-14-24-15-13-19/h1-9,12-15,21,23,25H,10-11,16-17H2. The molecule has 1 aromatic heterocycles. The van der Waals surface area contributed by atoms with Crippen LogP contribution in [0.3, 0.4) is 0 Å². The van der Waals surface area contributed by atoms with E-state index in [0.717, 1.165) is 13.0 Å². The molecule has 0 spiro atoms. The maximum Gasteiger partial charge on any atom is 0.0357 e. The summed E-state index contributed by atoms with van der Waals surface area (Å²) in [7, 11) is 0. The third-order valence-corrected chi connectivity index (χ3v) is 5.26. The molecule has 0 saturated heterocycles. The third kappa shape index (κ3) is 3.80. The van der Waals surface area contributed by atoms with Crippen molar-refractivity contribution in [3.8, 4) is 0 Å². The molecule has 0 fully saturated rings. The molecule has 0 amide bonds. The fraction of sp³-hybridized carbons (Fsp3) is 0.261. The lowest BCUT2D eigenvalue weighted by Gasteiger charge is -2.35. The van der Waals surface area contributed by atoms with Crippen molar-refractivity contribution >= 4 is 0 Å². The number of hydrogen-bond donors (Lipinski definition) is 1. The summed E-state index contributed by atoms with van der Waals surface area (Å²) in [4.78, 5) is 4.12. The molecule has 0 radical (unpaired) electrons. The van der Waals surface area contributed by atoms with Crippen molar-refractivity contribution < 1.29 is 0 Å². The smallest absolute Gasteiger partial charge is 0.0357 e. The first kappa shape index (κ1) is 16.0. The fourth-order valence-electron chi connectivity index (χ4n) is 3.97. The number of fused-ring (bicyclic) bond motifs is 1. The SMILES string of the molecule is c1ccc(CC2CCc3ccccc3C2NCc2ccncc2)cc1. The minimum Gasteiger partial charge on any atom is -0.306 e. The number of hydrogen-bond acceptors (Lipinski definition) is 2. The number of aryl methyl sites for hydroxylation is 1. The van der Waals surface area contributed by atoms with E-state index < -0.39 is 0 Å². The van der Waals surface area contributed by atoms with Crippen LogP contribution >= 0.6 is 0 Å². The molecule has 0 bridgehead atoms. The molecule has 0 aliphatic heterocycles.